The van der Waals surface area contributed by atoms with Gasteiger partial charge in [0, 0.05) is 0 Å². The van der Waals surface area contributed by atoms with Gasteiger partial charge in [-0.3, -0.25) is 0 Å². The summed E-state index contributed by atoms with van der Waals surface area (Å²) in [4.78, 5) is -0.479. The van der Waals surface area contributed by atoms with E-state index in [2.05, 4.69) is 20.3 Å². The van der Waals surface area contributed by atoms with Gasteiger partial charge in [-0.2, -0.15) is 8.42 Å². The first-order chi connectivity index (χ1) is 4.52. The van der Waals surface area contributed by atoms with Crippen molar-refractivity contribution in [2.45, 2.75) is 4.90 Å². The molecule has 0 amide bonds. The molecule has 3 nitrogen and oxygen atoms in total. The molecule has 0 spiro atoms. The SMILES string of the molecule is O=S(=O)(F)c1cocc1Br. The summed E-state index contributed by atoms with van der Waals surface area (Å²) in [5, 5.41) is 0. The predicted octanol–water partition coefficient (Wildman–Crippen LogP) is 1.70. The number of rotatable bonds is 1. The molecule has 0 bridgehead atoms. The summed E-state index contributed by atoms with van der Waals surface area (Å²) in [6, 6.07) is 0. The Bertz CT molecular complexity index is 328. The molecular weight excluding hydrogens is 227 g/mol. The number of hydrogen-bond acceptors (Lipinski definition) is 3. The van der Waals surface area contributed by atoms with Crippen LogP contribution in [-0.4, -0.2) is 8.42 Å². The van der Waals surface area contributed by atoms with E-state index in [4.69, 9.17) is 0 Å². The Balaban J connectivity index is 3.32. The van der Waals surface area contributed by atoms with Crippen molar-refractivity contribution < 1.29 is 16.7 Å². The summed E-state index contributed by atoms with van der Waals surface area (Å²) in [5.74, 6) is 0. The molecule has 1 rings (SSSR count). The van der Waals surface area contributed by atoms with E-state index in [9.17, 15) is 12.3 Å². The number of hydrogen-bond donors (Lipinski definition) is 0. The molecule has 1 aromatic rings. The maximum absolute atomic E-state index is 12.1. The molecule has 10 heavy (non-hydrogen) atoms. The van der Waals surface area contributed by atoms with Gasteiger partial charge >= 0.3 is 10.2 Å². The Morgan fingerprint density at radius 2 is 2.10 bits per heavy atom. The maximum Gasteiger partial charge on any atom is 0.336 e. The average Bonchev–Trinajstić information content (AvgIpc) is 2.11. The Morgan fingerprint density at radius 3 is 2.30 bits per heavy atom. The third-order valence-electron chi connectivity index (χ3n) is 0.845. The third-order valence-corrected chi connectivity index (χ3v) is 2.56. The van der Waals surface area contributed by atoms with Crippen LogP contribution in [0.15, 0.2) is 26.3 Å². The topological polar surface area (TPSA) is 47.3 Å². The van der Waals surface area contributed by atoms with E-state index in [0.29, 0.717) is 0 Å². The van der Waals surface area contributed by atoms with Crippen LogP contribution in [0.5, 0.6) is 0 Å². The fourth-order valence-corrected chi connectivity index (χ4v) is 1.68. The molecule has 0 saturated heterocycles. The van der Waals surface area contributed by atoms with Crippen molar-refractivity contribution in [1.82, 2.24) is 0 Å². The summed E-state index contributed by atoms with van der Waals surface area (Å²) in [7, 11) is -4.63. The second-order valence-corrected chi connectivity index (χ2v) is 3.69. The molecule has 0 fully saturated rings. The van der Waals surface area contributed by atoms with Crippen LogP contribution in [0.2, 0.25) is 0 Å². The van der Waals surface area contributed by atoms with Crippen molar-refractivity contribution in [2.24, 2.45) is 0 Å². The Labute approximate surface area is 65.2 Å². The van der Waals surface area contributed by atoms with Gasteiger partial charge in [-0.15, -0.1) is 3.89 Å². The molecule has 0 N–H and O–H groups in total. The highest BCUT2D eigenvalue weighted by Gasteiger charge is 2.17. The second-order valence-electron chi connectivity index (χ2n) is 1.52. The van der Waals surface area contributed by atoms with Gasteiger partial charge in [-0.1, -0.05) is 0 Å². The van der Waals surface area contributed by atoms with Gasteiger partial charge in [-0.25, -0.2) is 0 Å². The minimum Gasteiger partial charge on any atom is -0.470 e. The molecule has 0 aliphatic rings. The van der Waals surface area contributed by atoms with Crippen molar-refractivity contribution in [1.29, 1.82) is 0 Å². The van der Waals surface area contributed by atoms with E-state index in [0.717, 1.165) is 12.5 Å². The lowest BCUT2D eigenvalue weighted by atomic mass is 10.7. The second kappa shape index (κ2) is 2.35. The van der Waals surface area contributed by atoms with Crippen LogP contribution < -0.4 is 0 Å². The molecule has 1 aromatic heterocycles. The van der Waals surface area contributed by atoms with E-state index in [1.54, 1.807) is 0 Å². The zero-order valence-corrected chi connectivity index (χ0v) is 6.95. The van der Waals surface area contributed by atoms with Gasteiger partial charge in [-0.05, 0) is 15.9 Å². The Hall–Kier alpha value is -0.360. The van der Waals surface area contributed by atoms with Crippen LogP contribution in [0.4, 0.5) is 3.89 Å². The molecule has 1 heterocycles. The molecule has 0 aliphatic carbocycles. The first kappa shape index (κ1) is 7.74. The largest absolute Gasteiger partial charge is 0.470 e. The number of halogens is 2. The lowest BCUT2D eigenvalue weighted by Gasteiger charge is -1.84. The highest BCUT2D eigenvalue weighted by molar-refractivity contribution is 9.10. The van der Waals surface area contributed by atoms with Crippen molar-refractivity contribution in [3.05, 3.63) is 17.0 Å². The van der Waals surface area contributed by atoms with Crippen LogP contribution in [0.25, 0.3) is 0 Å². The van der Waals surface area contributed by atoms with Crippen LogP contribution in [0.3, 0.4) is 0 Å². The summed E-state index contributed by atoms with van der Waals surface area (Å²) in [6.45, 7) is 0. The first-order valence-electron chi connectivity index (χ1n) is 2.18. The fraction of sp³-hybridized carbons (Fsp3) is 0. The average molecular weight is 229 g/mol. The highest BCUT2D eigenvalue weighted by Crippen LogP contribution is 2.23. The molecule has 0 radical (unpaired) electrons. The number of furan rings is 1. The molecule has 0 unspecified atom stereocenters. The van der Waals surface area contributed by atoms with Crippen LogP contribution in [0, 0.1) is 0 Å². The van der Waals surface area contributed by atoms with E-state index < -0.39 is 15.1 Å². The maximum atomic E-state index is 12.1. The summed E-state index contributed by atoms with van der Waals surface area (Å²) in [5.41, 5.74) is 0. The van der Waals surface area contributed by atoms with Crippen LogP contribution in [-0.2, 0) is 10.2 Å². The molecule has 0 saturated carbocycles. The van der Waals surface area contributed by atoms with E-state index in [1.165, 1.54) is 0 Å². The summed E-state index contributed by atoms with van der Waals surface area (Å²) < 4.78 is 36.9. The smallest absolute Gasteiger partial charge is 0.336 e. The van der Waals surface area contributed by atoms with Crippen molar-refractivity contribution in [2.75, 3.05) is 0 Å². The minimum atomic E-state index is -4.63. The zero-order valence-electron chi connectivity index (χ0n) is 4.54. The lowest BCUT2D eigenvalue weighted by Crippen LogP contribution is -1.88. The van der Waals surface area contributed by atoms with Gasteiger partial charge in [0.2, 0.25) is 0 Å². The van der Waals surface area contributed by atoms with Gasteiger partial charge in [0.15, 0.2) is 4.90 Å². The quantitative estimate of drug-likeness (QED) is 0.688. The van der Waals surface area contributed by atoms with Crippen molar-refractivity contribution in [3.63, 3.8) is 0 Å². The first-order valence-corrected chi connectivity index (χ1v) is 4.36. The van der Waals surface area contributed by atoms with E-state index in [-0.39, 0.29) is 4.47 Å². The van der Waals surface area contributed by atoms with Crippen LogP contribution in [0.1, 0.15) is 0 Å². The van der Waals surface area contributed by atoms with E-state index >= 15 is 0 Å². The fourth-order valence-electron chi connectivity index (χ4n) is 0.444. The molecule has 0 aromatic carbocycles. The summed E-state index contributed by atoms with van der Waals surface area (Å²) in [6.07, 6.45) is 1.91. The standard InChI is InChI=1S/C4H2BrFO3S/c5-3-1-9-2-4(3)10(6,7)8/h1-2H. The van der Waals surface area contributed by atoms with Gasteiger partial charge in [0.05, 0.1) is 4.47 Å². The van der Waals surface area contributed by atoms with Gasteiger partial charge < -0.3 is 4.42 Å². The predicted molar refractivity (Wildman–Crippen MR) is 34.7 cm³/mol. The van der Waals surface area contributed by atoms with Crippen molar-refractivity contribution >= 4 is 26.2 Å². The molecule has 6 heteroatoms. The molecule has 0 atom stereocenters. The highest BCUT2D eigenvalue weighted by atomic mass is 79.9. The van der Waals surface area contributed by atoms with E-state index in [1.807, 2.05) is 0 Å². The molecular formula is C4H2BrFO3S. The molecule has 56 valence electrons. The monoisotopic (exact) mass is 228 g/mol. The summed E-state index contributed by atoms with van der Waals surface area (Å²) >= 11 is 2.79. The van der Waals surface area contributed by atoms with Gasteiger partial charge in [0.1, 0.15) is 12.5 Å². The van der Waals surface area contributed by atoms with Gasteiger partial charge in [0.25, 0.3) is 0 Å². The Morgan fingerprint density at radius 1 is 1.50 bits per heavy atom. The minimum absolute atomic E-state index is 0.0926. The van der Waals surface area contributed by atoms with Crippen LogP contribution >= 0.6 is 15.9 Å². The normalized spacial score (nSPS) is 11.8. The lowest BCUT2D eigenvalue weighted by molar-refractivity contribution is 0.539. The molecule has 0 aliphatic heterocycles. The Kier molecular flexibility index (Phi) is 1.82. The zero-order chi connectivity index (χ0) is 7.78. The third kappa shape index (κ3) is 1.38. The van der Waals surface area contributed by atoms with Crippen molar-refractivity contribution in [3.8, 4) is 0 Å².